The van der Waals surface area contributed by atoms with Crippen LogP contribution in [0.15, 0.2) is 17.0 Å². The van der Waals surface area contributed by atoms with E-state index in [1.807, 2.05) is 0 Å². The minimum atomic E-state index is 0.153. The smallest absolute Gasteiger partial charge is 0.226 e. The van der Waals surface area contributed by atoms with E-state index in [0.29, 0.717) is 18.0 Å². The zero-order valence-corrected chi connectivity index (χ0v) is 11.2. The average Bonchev–Trinajstić information content (AvgIpc) is 2.94. The van der Waals surface area contributed by atoms with Crippen LogP contribution in [0.3, 0.4) is 0 Å². The number of aromatic amines is 2. The molecule has 18 heavy (non-hydrogen) atoms. The predicted molar refractivity (Wildman–Crippen MR) is 70.3 cm³/mol. The second-order valence-corrected chi connectivity index (χ2v) is 4.68. The maximum absolute atomic E-state index is 5.83. The molecule has 0 aliphatic heterocycles. The molecule has 3 aromatic heterocycles. The summed E-state index contributed by atoms with van der Waals surface area (Å²) in [4.78, 5) is 15.1. The number of aromatic nitrogens is 6. The van der Waals surface area contributed by atoms with Gasteiger partial charge in [0.15, 0.2) is 11.5 Å². The molecule has 0 unspecified atom stereocenters. The Bertz CT molecular complexity index is 691. The van der Waals surface area contributed by atoms with E-state index >= 15 is 0 Å². The maximum atomic E-state index is 5.83. The SMILES string of the molecule is Clc1nc(NCc2[nH]ncc2Br)c2[nH]cnc2n1. The van der Waals surface area contributed by atoms with Gasteiger partial charge in [-0.05, 0) is 27.5 Å². The van der Waals surface area contributed by atoms with Crippen molar-refractivity contribution in [1.29, 1.82) is 0 Å². The Labute approximate surface area is 115 Å². The Morgan fingerprint density at radius 2 is 2.28 bits per heavy atom. The number of anilines is 1. The van der Waals surface area contributed by atoms with E-state index in [1.165, 1.54) is 0 Å². The lowest BCUT2D eigenvalue weighted by Gasteiger charge is -2.05. The zero-order chi connectivity index (χ0) is 12.5. The highest BCUT2D eigenvalue weighted by Crippen LogP contribution is 2.20. The minimum absolute atomic E-state index is 0.153. The van der Waals surface area contributed by atoms with Gasteiger partial charge in [0, 0.05) is 0 Å². The van der Waals surface area contributed by atoms with Crippen LogP contribution in [-0.4, -0.2) is 30.1 Å². The molecule has 0 radical (unpaired) electrons. The molecule has 0 amide bonds. The van der Waals surface area contributed by atoms with Crippen molar-refractivity contribution in [1.82, 2.24) is 30.1 Å². The minimum Gasteiger partial charge on any atom is -0.362 e. The third-order valence-corrected chi connectivity index (χ3v) is 3.21. The fourth-order valence-electron chi connectivity index (χ4n) is 1.53. The van der Waals surface area contributed by atoms with Gasteiger partial charge >= 0.3 is 0 Å². The molecule has 0 saturated heterocycles. The molecule has 9 heteroatoms. The summed E-state index contributed by atoms with van der Waals surface area (Å²) >= 11 is 9.21. The van der Waals surface area contributed by atoms with Crippen LogP contribution >= 0.6 is 27.5 Å². The van der Waals surface area contributed by atoms with Gasteiger partial charge in [0.05, 0.1) is 29.2 Å². The van der Waals surface area contributed by atoms with Crippen molar-refractivity contribution in [2.24, 2.45) is 0 Å². The summed E-state index contributed by atoms with van der Waals surface area (Å²) < 4.78 is 0.899. The largest absolute Gasteiger partial charge is 0.362 e. The number of H-pyrrole nitrogens is 2. The van der Waals surface area contributed by atoms with Gasteiger partial charge in [0.2, 0.25) is 5.28 Å². The molecule has 92 valence electrons. The fraction of sp³-hybridized carbons (Fsp3) is 0.111. The van der Waals surface area contributed by atoms with Gasteiger partial charge in [0.1, 0.15) is 5.52 Å². The first-order valence-corrected chi connectivity index (χ1v) is 6.19. The summed E-state index contributed by atoms with van der Waals surface area (Å²) in [7, 11) is 0. The first-order chi connectivity index (χ1) is 8.74. The summed E-state index contributed by atoms with van der Waals surface area (Å²) in [6, 6.07) is 0. The fourth-order valence-corrected chi connectivity index (χ4v) is 2.02. The lowest BCUT2D eigenvalue weighted by Crippen LogP contribution is -2.04. The van der Waals surface area contributed by atoms with Gasteiger partial charge in [-0.2, -0.15) is 15.1 Å². The highest BCUT2D eigenvalue weighted by molar-refractivity contribution is 9.10. The number of nitrogens with zero attached hydrogens (tertiary/aromatic N) is 4. The molecule has 3 rings (SSSR count). The topological polar surface area (TPSA) is 95.2 Å². The lowest BCUT2D eigenvalue weighted by atomic mass is 10.4. The summed E-state index contributed by atoms with van der Waals surface area (Å²) in [6.45, 7) is 0.530. The van der Waals surface area contributed by atoms with Gasteiger partial charge in [-0.1, -0.05) is 0 Å². The molecule has 0 aliphatic carbocycles. The zero-order valence-electron chi connectivity index (χ0n) is 8.91. The van der Waals surface area contributed by atoms with Crippen LogP contribution in [0.5, 0.6) is 0 Å². The van der Waals surface area contributed by atoms with Gasteiger partial charge in [-0.15, -0.1) is 0 Å². The Morgan fingerprint density at radius 3 is 3.06 bits per heavy atom. The van der Waals surface area contributed by atoms with Crippen molar-refractivity contribution in [2.45, 2.75) is 6.54 Å². The molecule has 3 aromatic rings. The number of fused-ring (bicyclic) bond motifs is 1. The summed E-state index contributed by atoms with van der Waals surface area (Å²) in [6.07, 6.45) is 3.24. The summed E-state index contributed by atoms with van der Waals surface area (Å²) in [5.41, 5.74) is 2.16. The molecular formula is C9H7BrClN7. The van der Waals surface area contributed by atoms with Crippen LogP contribution in [0, 0.1) is 0 Å². The van der Waals surface area contributed by atoms with E-state index in [0.717, 1.165) is 15.7 Å². The number of hydrogen-bond donors (Lipinski definition) is 3. The van der Waals surface area contributed by atoms with Crippen LogP contribution in [-0.2, 0) is 6.54 Å². The average molecular weight is 329 g/mol. The molecule has 0 aromatic carbocycles. The quantitative estimate of drug-likeness (QED) is 0.640. The van der Waals surface area contributed by atoms with E-state index in [1.54, 1.807) is 12.5 Å². The number of halogens is 2. The number of imidazole rings is 1. The van der Waals surface area contributed by atoms with Gasteiger partial charge < -0.3 is 10.3 Å². The van der Waals surface area contributed by atoms with Crippen LogP contribution in [0.1, 0.15) is 5.69 Å². The number of hydrogen-bond acceptors (Lipinski definition) is 5. The highest BCUT2D eigenvalue weighted by Gasteiger charge is 2.09. The summed E-state index contributed by atoms with van der Waals surface area (Å²) in [5, 5.41) is 10.1. The van der Waals surface area contributed by atoms with E-state index in [-0.39, 0.29) is 5.28 Å². The summed E-state index contributed by atoms with van der Waals surface area (Å²) in [5.74, 6) is 0.601. The monoisotopic (exact) mass is 327 g/mol. The van der Waals surface area contributed by atoms with Crippen molar-refractivity contribution in [3.05, 3.63) is 28.0 Å². The van der Waals surface area contributed by atoms with Crippen molar-refractivity contribution >= 4 is 44.5 Å². The van der Waals surface area contributed by atoms with Crippen molar-refractivity contribution in [3.8, 4) is 0 Å². The lowest BCUT2D eigenvalue weighted by molar-refractivity contribution is 0.971. The first kappa shape index (κ1) is 11.4. The van der Waals surface area contributed by atoms with Gasteiger partial charge in [-0.25, -0.2) is 4.98 Å². The molecule has 0 atom stereocenters. The van der Waals surface area contributed by atoms with Crippen LogP contribution in [0.25, 0.3) is 11.2 Å². The van der Waals surface area contributed by atoms with Crippen LogP contribution in [0.4, 0.5) is 5.82 Å². The Morgan fingerprint density at radius 1 is 1.39 bits per heavy atom. The normalized spacial score (nSPS) is 11.0. The van der Waals surface area contributed by atoms with E-state index in [4.69, 9.17) is 11.6 Å². The van der Waals surface area contributed by atoms with E-state index in [2.05, 4.69) is 51.4 Å². The van der Waals surface area contributed by atoms with Gasteiger partial charge in [-0.3, -0.25) is 5.10 Å². The standard InChI is InChI=1S/C9H7BrClN7/c10-4-1-15-18-5(4)2-12-7-6-8(14-3-13-6)17-9(11)16-7/h1,3H,2H2,(H,15,18)(H2,12,13,14,16,17). The molecular weight excluding hydrogens is 322 g/mol. The number of nitrogens with one attached hydrogen (secondary N) is 3. The van der Waals surface area contributed by atoms with Crippen LogP contribution < -0.4 is 5.32 Å². The van der Waals surface area contributed by atoms with Crippen molar-refractivity contribution in [3.63, 3.8) is 0 Å². The molecule has 0 fully saturated rings. The Kier molecular flexibility index (Phi) is 2.88. The maximum Gasteiger partial charge on any atom is 0.226 e. The van der Waals surface area contributed by atoms with Crippen LogP contribution in [0.2, 0.25) is 5.28 Å². The van der Waals surface area contributed by atoms with E-state index < -0.39 is 0 Å². The molecule has 0 aliphatic rings. The molecule has 3 N–H and O–H groups in total. The van der Waals surface area contributed by atoms with Crippen molar-refractivity contribution < 1.29 is 0 Å². The molecule has 0 saturated carbocycles. The van der Waals surface area contributed by atoms with Crippen molar-refractivity contribution in [2.75, 3.05) is 5.32 Å². The molecule has 0 spiro atoms. The predicted octanol–water partition coefficient (Wildman–Crippen LogP) is 2.10. The molecule has 7 nitrogen and oxygen atoms in total. The van der Waals surface area contributed by atoms with E-state index in [9.17, 15) is 0 Å². The molecule has 0 bridgehead atoms. The highest BCUT2D eigenvalue weighted by atomic mass is 79.9. The third kappa shape index (κ3) is 2.04. The third-order valence-electron chi connectivity index (χ3n) is 2.36. The second-order valence-electron chi connectivity index (χ2n) is 3.49. The Balaban J connectivity index is 1.90. The second kappa shape index (κ2) is 4.54. The molecule has 3 heterocycles. The Hall–Kier alpha value is -1.67. The number of rotatable bonds is 3. The first-order valence-electron chi connectivity index (χ1n) is 5.02. The van der Waals surface area contributed by atoms with Gasteiger partial charge in [0.25, 0.3) is 0 Å².